The summed E-state index contributed by atoms with van der Waals surface area (Å²) in [4.78, 5) is 0. The maximum atomic E-state index is 3.85. The van der Waals surface area contributed by atoms with Crippen LogP contribution in [0.1, 0.15) is 58.8 Å². The van der Waals surface area contributed by atoms with E-state index < -0.39 is 0 Å². The van der Waals surface area contributed by atoms with Gasteiger partial charge in [0, 0.05) is 25.3 Å². The Hall–Kier alpha value is -0.760. The van der Waals surface area contributed by atoms with Crippen LogP contribution >= 0.6 is 0 Å². The minimum atomic E-state index is 0.445. The maximum absolute atomic E-state index is 3.85. The van der Waals surface area contributed by atoms with Gasteiger partial charge in [-0.3, -0.25) is 0 Å². The lowest BCUT2D eigenvalue weighted by molar-refractivity contribution is -0.0308. The van der Waals surface area contributed by atoms with E-state index in [1.165, 1.54) is 57.2 Å². The van der Waals surface area contributed by atoms with Gasteiger partial charge in [0.25, 0.3) is 0 Å². The minimum Gasteiger partial charge on any atom is -0.391 e. The topological polar surface area (TPSA) is 24.1 Å². The van der Waals surface area contributed by atoms with Gasteiger partial charge in [-0.1, -0.05) is 13.0 Å². The molecule has 1 saturated heterocycles. The van der Waals surface area contributed by atoms with Crippen molar-refractivity contribution in [2.75, 3.05) is 13.6 Å². The summed E-state index contributed by atoms with van der Waals surface area (Å²) in [7, 11) is 2.08. The predicted octanol–water partition coefficient (Wildman–Crippen LogP) is 4.25. The summed E-state index contributed by atoms with van der Waals surface area (Å²) in [6, 6.07) is 0.757. The van der Waals surface area contributed by atoms with Gasteiger partial charge in [-0.25, -0.2) is 0 Å². The van der Waals surface area contributed by atoms with Crippen LogP contribution in [-0.2, 0) is 0 Å². The van der Waals surface area contributed by atoms with Crippen LogP contribution in [0.5, 0.6) is 0 Å². The van der Waals surface area contributed by atoms with Gasteiger partial charge in [0.15, 0.2) is 0 Å². The zero-order valence-electron chi connectivity index (χ0n) is 15.7. The van der Waals surface area contributed by atoms with Crippen LogP contribution in [0.25, 0.3) is 0 Å². The van der Waals surface area contributed by atoms with Crippen molar-refractivity contribution >= 4 is 0 Å². The largest absolute Gasteiger partial charge is 0.391 e. The van der Waals surface area contributed by atoms with Crippen molar-refractivity contribution in [1.82, 2.24) is 10.6 Å². The summed E-state index contributed by atoms with van der Waals surface area (Å²) in [6.07, 6.45) is 15.0. The molecular weight excluding hydrogens is 292 g/mol. The van der Waals surface area contributed by atoms with Gasteiger partial charge >= 0.3 is 0 Å². The average Bonchev–Trinajstić information content (AvgIpc) is 3.12. The number of hydrogen-bond donors (Lipinski definition) is 2. The molecule has 2 N–H and O–H groups in total. The minimum absolute atomic E-state index is 0.445. The highest BCUT2D eigenvalue weighted by atomic mass is 15.0. The van der Waals surface area contributed by atoms with Gasteiger partial charge < -0.3 is 10.6 Å². The molecule has 5 aliphatic rings. The van der Waals surface area contributed by atoms with Crippen LogP contribution in [0.15, 0.2) is 23.4 Å². The molecular formula is C22H34N2. The van der Waals surface area contributed by atoms with Gasteiger partial charge in [-0.15, -0.1) is 0 Å². The van der Waals surface area contributed by atoms with Gasteiger partial charge in [0.05, 0.1) is 0 Å². The van der Waals surface area contributed by atoms with E-state index in [2.05, 4.69) is 43.7 Å². The molecule has 1 spiro atoms. The Morgan fingerprint density at radius 3 is 2.79 bits per heavy atom. The first-order chi connectivity index (χ1) is 11.6. The summed E-state index contributed by atoms with van der Waals surface area (Å²) >= 11 is 0. The second-order valence-corrected chi connectivity index (χ2v) is 9.73. The SMILES string of the molecule is CNC1=CC2=CC[C@H]3[C@H]4CC[C@@H]5[C@H](C)NC[C@]45CC[C@@H]3[C@@]2(C)CC1. The van der Waals surface area contributed by atoms with E-state index in [1.807, 2.05) is 0 Å². The molecule has 24 heavy (non-hydrogen) atoms. The molecule has 2 saturated carbocycles. The van der Waals surface area contributed by atoms with E-state index in [-0.39, 0.29) is 0 Å². The van der Waals surface area contributed by atoms with Crippen LogP contribution < -0.4 is 10.6 Å². The van der Waals surface area contributed by atoms with Crippen LogP contribution in [0.2, 0.25) is 0 Å². The fourth-order valence-electron chi connectivity index (χ4n) is 7.97. The molecule has 5 rings (SSSR count). The lowest BCUT2D eigenvalue weighted by Crippen LogP contribution is -2.50. The molecule has 0 amide bonds. The van der Waals surface area contributed by atoms with Gasteiger partial charge in [0.2, 0.25) is 0 Å². The second-order valence-electron chi connectivity index (χ2n) is 9.73. The Bertz CT molecular complexity index is 605. The zero-order chi connectivity index (χ0) is 16.5. The standard InChI is InChI=1S/C22H34N2/c1-14-18-6-7-20-17-5-4-15-12-16(23-3)8-10-21(15,2)19(17)9-11-22(18,20)13-24-14/h4,12,14,17-20,23-24H,5-11,13H2,1-3H3/t14-,17+,18+,19-,20+,21-,22-/m0/s1. The molecule has 3 fully saturated rings. The van der Waals surface area contributed by atoms with Crippen molar-refractivity contribution in [3.8, 4) is 0 Å². The quantitative estimate of drug-likeness (QED) is 0.753. The molecule has 0 radical (unpaired) electrons. The molecule has 132 valence electrons. The third kappa shape index (κ3) is 1.81. The first-order valence-electron chi connectivity index (χ1n) is 10.4. The third-order valence-electron chi connectivity index (χ3n) is 9.23. The van der Waals surface area contributed by atoms with Crippen molar-refractivity contribution in [1.29, 1.82) is 0 Å². The van der Waals surface area contributed by atoms with E-state index in [4.69, 9.17) is 0 Å². The fourth-order valence-corrected chi connectivity index (χ4v) is 7.97. The summed E-state index contributed by atoms with van der Waals surface area (Å²) < 4.78 is 0. The number of rotatable bonds is 1. The van der Waals surface area contributed by atoms with Crippen molar-refractivity contribution in [2.24, 2.45) is 34.5 Å². The molecule has 0 unspecified atom stereocenters. The molecule has 2 heteroatoms. The Labute approximate surface area is 147 Å². The first kappa shape index (κ1) is 15.5. The highest BCUT2D eigenvalue weighted by Gasteiger charge is 2.62. The van der Waals surface area contributed by atoms with Gasteiger partial charge in [-0.2, -0.15) is 0 Å². The number of allylic oxidation sites excluding steroid dienone is 4. The Morgan fingerprint density at radius 2 is 1.96 bits per heavy atom. The summed E-state index contributed by atoms with van der Waals surface area (Å²) in [5, 5.41) is 7.26. The number of hydrogen-bond acceptors (Lipinski definition) is 2. The molecule has 2 nitrogen and oxygen atoms in total. The van der Waals surface area contributed by atoms with E-state index in [1.54, 1.807) is 5.57 Å². The second kappa shape index (κ2) is 5.13. The Morgan fingerprint density at radius 1 is 1.12 bits per heavy atom. The Kier molecular flexibility index (Phi) is 3.31. The monoisotopic (exact) mass is 326 g/mol. The van der Waals surface area contributed by atoms with E-state index >= 15 is 0 Å². The zero-order valence-corrected chi connectivity index (χ0v) is 15.7. The summed E-state index contributed by atoms with van der Waals surface area (Å²) in [6.45, 7) is 6.35. The maximum Gasteiger partial charge on any atom is 0.0107 e. The predicted molar refractivity (Wildman–Crippen MR) is 99.5 cm³/mol. The average molecular weight is 327 g/mol. The van der Waals surface area contributed by atoms with Crippen LogP contribution in [0, 0.1) is 34.5 Å². The lowest BCUT2D eigenvalue weighted by atomic mass is 9.48. The molecule has 1 heterocycles. The third-order valence-corrected chi connectivity index (χ3v) is 9.23. The smallest absolute Gasteiger partial charge is 0.0107 e. The van der Waals surface area contributed by atoms with Gasteiger partial charge in [0.1, 0.15) is 0 Å². The molecule has 0 aromatic carbocycles. The van der Waals surface area contributed by atoms with Crippen molar-refractivity contribution in [3.05, 3.63) is 23.4 Å². The molecule has 0 bridgehead atoms. The number of nitrogens with one attached hydrogen (secondary N) is 2. The first-order valence-corrected chi connectivity index (χ1v) is 10.4. The highest BCUT2D eigenvalue weighted by Crippen LogP contribution is 2.67. The number of fused-ring (bicyclic) bond motifs is 4. The molecule has 4 aliphatic carbocycles. The van der Waals surface area contributed by atoms with Crippen molar-refractivity contribution < 1.29 is 0 Å². The van der Waals surface area contributed by atoms with Crippen molar-refractivity contribution in [3.63, 3.8) is 0 Å². The van der Waals surface area contributed by atoms with Crippen LogP contribution in [0.3, 0.4) is 0 Å². The van der Waals surface area contributed by atoms with Gasteiger partial charge in [-0.05, 0) is 98.0 Å². The van der Waals surface area contributed by atoms with E-state index in [9.17, 15) is 0 Å². The summed E-state index contributed by atoms with van der Waals surface area (Å²) in [5.74, 6) is 3.83. The highest BCUT2D eigenvalue weighted by molar-refractivity contribution is 5.37. The van der Waals surface area contributed by atoms with Crippen molar-refractivity contribution in [2.45, 2.75) is 64.8 Å². The van der Waals surface area contributed by atoms with E-state index in [0.717, 1.165) is 29.7 Å². The molecule has 0 aromatic heterocycles. The fraction of sp³-hybridized carbons (Fsp3) is 0.818. The van der Waals surface area contributed by atoms with Crippen LogP contribution in [0.4, 0.5) is 0 Å². The molecule has 7 atom stereocenters. The van der Waals surface area contributed by atoms with E-state index in [0.29, 0.717) is 10.8 Å². The molecule has 1 aliphatic heterocycles. The lowest BCUT2D eigenvalue weighted by Gasteiger charge is -2.57. The summed E-state index contributed by atoms with van der Waals surface area (Å²) in [5.41, 5.74) is 4.20. The normalized spacial score (nSPS) is 52.5. The van der Waals surface area contributed by atoms with Crippen LogP contribution in [-0.4, -0.2) is 19.6 Å². The Balaban J connectivity index is 1.50. The molecule has 0 aromatic rings.